The average molecular weight is 532 g/mol. The highest BCUT2D eigenvalue weighted by Crippen LogP contribution is 2.18. The number of nitrogens with zero attached hydrogens (tertiary/aromatic N) is 1. The van der Waals surface area contributed by atoms with Crippen molar-refractivity contribution in [1.82, 2.24) is 4.31 Å². The van der Waals surface area contributed by atoms with Gasteiger partial charge in [0.25, 0.3) is 0 Å². The van der Waals surface area contributed by atoms with E-state index >= 15 is 0 Å². The van der Waals surface area contributed by atoms with Gasteiger partial charge in [0.1, 0.15) is 18.5 Å². The average Bonchev–Trinajstić information content (AvgIpc) is 2.71. The lowest BCUT2D eigenvalue weighted by Gasteiger charge is -2.21. The van der Waals surface area contributed by atoms with Gasteiger partial charge in [-0.25, -0.2) is 8.42 Å². The molecule has 8 nitrogen and oxygen atoms in total. The number of carbonyl (C=O) groups is 2. The number of sulfonamides is 1. The first kappa shape index (κ1) is 27.9. The standard InChI is InChI=1S/C22H30BrNO7S/c1-18(25)31-21(17-30-20-11-8-10-19(23)16-20)12-9-15-24(32(3,27)28)14-7-5-4-6-13-22(26)29-2/h8,10-11,16,21H,4,6,9,12-15,17H2,1-3H3. The number of ether oxygens (including phenoxy) is 3. The fourth-order valence-corrected chi connectivity index (χ4v) is 3.81. The van der Waals surface area contributed by atoms with Gasteiger partial charge in [-0.15, -0.1) is 5.92 Å². The van der Waals surface area contributed by atoms with Gasteiger partial charge in [0, 0.05) is 30.8 Å². The van der Waals surface area contributed by atoms with Gasteiger partial charge < -0.3 is 14.2 Å². The van der Waals surface area contributed by atoms with Crippen molar-refractivity contribution in [3.63, 3.8) is 0 Å². The van der Waals surface area contributed by atoms with E-state index in [-0.39, 0.29) is 32.1 Å². The van der Waals surface area contributed by atoms with Gasteiger partial charge >= 0.3 is 11.9 Å². The number of rotatable bonds is 13. The predicted molar refractivity (Wildman–Crippen MR) is 124 cm³/mol. The molecule has 178 valence electrons. The molecule has 0 amide bonds. The molecular weight excluding hydrogens is 502 g/mol. The van der Waals surface area contributed by atoms with Gasteiger partial charge in [-0.1, -0.05) is 27.9 Å². The van der Waals surface area contributed by atoms with Gasteiger partial charge in [-0.3, -0.25) is 9.59 Å². The molecule has 0 aliphatic carbocycles. The zero-order valence-electron chi connectivity index (χ0n) is 18.6. The van der Waals surface area contributed by atoms with Crippen LogP contribution >= 0.6 is 15.9 Å². The van der Waals surface area contributed by atoms with Gasteiger partial charge in [-0.05, 0) is 37.5 Å². The number of esters is 2. The molecule has 0 saturated carbocycles. The molecule has 1 aromatic carbocycles. The number of halogens is 1. The summed E-state index contributed by atoms with van der Waals surface area (Å²) < 4.78 is 41.8. The smallest absolute Gasteiger partial charge is 0.305 e. The molecule has 0 aromatic heterocycles. The lowest BCUT2D eigenvalue weighted by Crippen LogP contribution is -2.32. The van der Waals surface area contributed by atoms with Crippen LogP contribution < -0.4 is 4.74 Å². The van der Waals surface area contributed by atoms with Gasteiger partial charge in [0.05, 0.1) is 19.9 Å². The van der Waals surface area contributed by atoms with Crippen molar-refractivity contribution in [2.75, 3.05) is 33.1 Å². The molecule has 0 saturated heterocycles. The third-order valence-corrected chi connectivity index (χ3v) is 6.00. The van der Waals surface area contributed by atoms with Crippen molar-refractivity contribution in [3.8, 4) is 17.6 Å². The van der Waals surface area contributed by atoms with Crippen LogP contribution in [0.3, 0.4) is 0 Å². The Morgan fingerprint density at radius 2 is 1.97 bits per heavy atom. The van der Waals surface area contributed by atoms with Crippen LogP contribution in [0, 0.1) is 11.8 Å². The van der Waals surface area contributed by atoms with E-state index in [1.807, 2.05) is 12.1 Å². The molecule has 0 spiro atoms. The second kappa shape index (κ2) is 14.9. The van der Waals surface area contributed by atoms with Gasteiger partial charge in [0.15, 0.2) is 0 Å². The second-order valence-corrected chi connectivity index (χ2v) is 9.92. The van der Waals surface area contributed by atoms with Crippen LogP contribution in [-0.2, 0) is 29.1 Å². The Morgan fingerprint density at radius 1 is 1.22 bits per heavy atom. The lowest BCUT2D eigenvalue weighted by atomic mass is 10.2. The van der Waals surface area contributed by atoms with Crippen LogP contribution in [0.1, 0.15) is 39.0 Å². The lowest BCUT2D eigenvalue weighted by molar-refractivity contribution is -0.148. The van der Waals surface area contributed by atoms with Crippen LogP contribution in [0.15, 0.2) is 28.7 Å². The zero-order chi connectivity index (χ0) is 24.0. The molecule has 0 radical (unpaired) electrons. The summed E-state index contributed by atoms with van der Waals surface area (Å²) in [6.45, 7) is 1.79. The topological polar surface area (TPSA) is 99.2 Å². The number of hydrogen-bond donors (Lipinski definition) is 0. The second-order valence-electron chi connectivity index (χ2n) is 7.02. The van der Waals surface area contributed by atoms with Crippen LogP contribution in [0.5, 0.6) is 5.75 Å². The number of carbonyl (C=O) groups excluding carboxylic acids is 2. The molecule has 10 heteroatoms. The Kier molecular flexibility index (Phi) is 13.0. The SMILES string of the molecule is COC(=O)CCCC#CCN(CCCC(COc1cccc(Br)c1)OC(C)=O)S(C)(=O)=O. The molecule has 1 atom stereocenters. The predicted octanol–water partition coefficient (Wildman–Crippen LogP) is 3.15. The van der Waals surface area contributed by atoms with Crippen LogP contribution in [-0.4, -0.2) is 63.8 Å². The molecule has 0 heterocycles. The van der Waals surface area contributed by atoms with Gasteiger partial charge in [-0.2, -0.15) is 4.31 Å². The third-order valence-electron chi connectivity index (χ3n) is 4.26. The van der Waals surface area contributed by atoms with Gasteiger partial charge in [0.2, 0.25) is 10.0 Å². The first-order chi connectivity index (χ1) is 15.1. The van der Waals surface area contributed by atoms with Crippen molar-refractivity contribution in [1.29, 1.82) is 0 Å². The number of hydrogen-bond acceptors (Lipinski definition) is 7. The molecule has 1 aromatic rings. The van der Waals surface area contributed by atoms with Crippen LogP contribution in [0.2, 0.25) is 0 Å². The first-order valence-corrected chi connectivity index (χ1v) is 12.8. The monoisotopic (exact) mass is 531 g/mol. The normalized spacial score (nSPS) is 11.9. The largest absolute Gasteiger partial charge is 0.490 e. The minimum absolute atomic E-state index is 0.0594. The van der Waals surface area contributed by atoms with E-state index < -0.39 is 22.1 Å². The van der Waals surface area contributed by atoms with E-state index in [9.17, 15) is 18.0 Å². The summed E-state index contributed by atoms with van der Waals surface area (Å²) in [6.07, 6.45) is 2.85. The minimum Gasteiger partial charge on any atom is -0.490 e. The minimum atomic E-state index is -3.44. The summed E-state index contributed by atoms with van der Waals surface area (Å²) in [6, 6.07) is 7.31. The number of methoxy groups -OCH3 is 1. The fourth-order valence-electron chi connectivity index (χ4n) is 2.67. The Morgan fingerprint density at radius 3 is 2.59 bits per heavy atom. The summed E-state index contributed by atoms with van der Waals surface area (Å²) in [4.78, 5) is 22.5. The van der Waals surface area contributed by atoms with Crippen molar-refractivity contribution in [2.45, 2.75) is 45.1 Å². The molecule has 0 N–H and O–H groups in total. The highest BCUT2D eigenvalue weighted by atomic mass is 79.9. The highest BCUT2D eigenvalue weighted by Gasteiger charge is 2.18. The maximum absolute atomic E-state index is 12.1. The van der Waals surface area contributed by atoms with Crippen molar-refractivity contribution in [3.05, 3.63) is 28.7 Å². The summed E-state index contributed by atoms with van der Waals surface area (Å²) in [7, 11) is -2.11. The molecule has 0 fully saturated rings. The highest BCUT2D eigenvalue weighted by molar-refractivity contribution is 9.10. The van der Waals surface area contributed by atoms with Crippen LogP contribution in [0.4, 0.5) is 0 Å². The van der Waals surface area contributed by atoms with Crippen molar-refractivity contribution >= 4 is 37.9 Å². The number of benzene rings is 1. The molecule has 0 aliphatic rings. The van der Waals surface area contributed by atoms with E-state index in [0.717, 1.165) is 10.7 Å². The molecule has 0 aliphatic heterocycles. The van der Waals surface area contributed by atoms with E-state index in [4.69, 9.17) is 9.47 Å². The molecule has 1 unspecified atom stereocenters. The van der Waals surface area contributed by atoms with E-state index in [0.29, 0.717) is 31.4 Å². The molecular formula is C22H30BrNO7S. The third kappa shape index (κ3) is 12.7. The Bertz CT molecular complexity index is 908. The van der Waals surface area contributed by atoms with E-state index in [1.54, 1.807) is 12.1 Å². The zero-order valence-corrected chi connectivity index (χ0v) is 21.0. The Balaban J connectivity index is 2.55. The Labute approximate surface area is 198 Å². The molecule has 0 bridgehead atoms. The van der Waals surface area contributed by atoms with Crippen molar-refractivity contribution in [2.24, 2.45) is 0 Å². The maximum Gasteiger partial charge on any atom is 0.305 e. The molecule has 32 heavy (non-hydrogen) atoms. The summed E-state index contributed by atoms with van der Waals surface area (Å²) in [5.41, 5.74) is 0. The Hall–Kier alpha value is -2.09. The summed E-state index contributed by atoms with van der Waals surface area (Å²) >= 11 is 3.37. The fraction of sp³-hybridized carbons (Fsp3) is 0.545. The maximum atomic E-state index is 12.1. The van der Waals surface area contributed by atoms with Crippen LogP contribution in [0.25, 0.3) is 0 Å². The first-order valence-electron chi connectivity index (χ1n) is 10.1. The van der Waals surface area contributed by atoms with E-state index in [2.05, 4.69) is 32.5 Å². The molecule has 1 rings (SSSR count). The summed E-state index contributed by atoms with van der Waals surface area (Å²) in [5, 5.41) is 0. The van der Waals surface area contributed by atoms with E-state index in [1.165, 1.54) is 18.3 Å². The summed E-state index contributed by atoms with van der Waals surface area (Å²) in [5.74, 6) is 5.63. The number of unbranched alkanes of at least 4 members (excludes halogenated alkanes) is 1. The quantitative estimate of drug-likeness (QED) is 0.219. The van der Waals surface area contributed by atoms with Crippen molar-refractivity contribution < 1.29 is 32.2 Å².